The Bertz CT molecular complexity index is 1070. The molecule has 0 N–H and O–H groups in total. The van der Waals surface area contributed by atoms with Crippen LogP contribution in [0.15, 0.2) is 41.3 Å². The summed E-state index contributed by atoms with van der Waals surface area (Å²) in [4.78, 5) is 16.8. The van der Waals surface area contributed by atoms with Crippen molar-refractivity contribution in [3.63, 3.8) is 0 Å². The number of amides is 1. The zero-order valence-electron chi connectivity index (χ0n) is 18.3. The largest absolute Gasteiger partial charge is 0.495 e. The van der Waals surface area contributed by atoms with Gasteiger partial charge in [-0.3, -0.25) is 4.79 Å². The topological polar surface area (TPSA) is 70.2 Å². The van der Waals surface area contributed by atoms with Gasteiger partial charge in [0.15, 0.2) is 0 Å². The summed E-state index contributed by atoms with van der Waals surface area (Å²) >= 11 is 6.13. The van der Waals surface area contributed by atoms with E-state index < -0.39 is 10.0 Å². The first-order chi connectivity index (χ1) is 14.6. The highest BCUT2D eigenvalue weighted by molar-refractivity contribution is 7.89. The fraction of sp³-hybridized carbons (Fsp3) is 0.409. The van der Waals surface area contributed by atoms with Crippen LogP contribution in [0.2, 0.25) is 5.02 Å². The lowest BCUT2D eigenvalue weighted by Gasteiger charge is -2.37. The maximum Gasteiger partial charge on any atom is 0.246 e. The molecule has 0 spiro atoms. The van der Waals surface area contributed by atoms with Crippen LogP contribution >= 0.6 is 11.6 Å². The van der Waals surface area contributed by atoms with Crippen molar-refractivity contribution >= 4 is 33.2 Å². The van der Waals surface area contributed by atoms with E-state index in [2.05, 4.69) is 4.90 Å². The fourth-order valence-electron chi connectivity index (χ4n) is 3.65. The molecular weight excluding hydrogens is 438 g/mol. The number of piperazine rings is 1. The van der Waals surface area contributed by atoms with Crippen LogP contribution in [0.5, 0.6) is 5.75 Å². The molecule has 0 atom stereocenters. The number of methoxy groups -OCH3 is 1. The quantitative estimate of drug-likeness (QED) is 0.656. The number of hydrogen-bond acceptors (Lipinski definition) is 5. The molecule has 31 heavy (non-hydrogen) atoms. The monoisotopic (exact) mass is 465 g/mol. The Morgan fingerprint density at radius 1 is 1.10 bits per heavy atom. The molecule has 3 rings (SSSR count). The first kappa shape index (κ1) is 23.4. The van der Waals surface area contributed by atoms with Gasteiger partial charge in [0.1, 0.15) is 10.6 Å². The molecule has 1 aliphatic rings. The molecule has 1 aliphatic heterocycles. The predicted octanol–water partition coefficient (Wildman–Crippen LogP) is 2.93. The van der Waals surface area contributed by atoms with E-state index in [0.29, 0.717) is 31.2 Å². The van der Waals surface area contributed by atoms with Gasteiger partial charge >= 0.3 is 0 Å². The SMILES string of the molecule is COc1ccc(C)cc1S(=O)(=O)N(C)CC(=O)N1CCN(c2cc(Cl)ccc2C)CC1. The molecule has 0 radical (unpaired) electrons. The lowest BCUT2D eigenvalue weighted by molar-refractivity contribution is -0.131. The second-order valence-corrected chi connectivity index (χ2v) is 10.2. The van der Waals surface area contributed by atoms with Crippen molar-refractivity contribution in [3.8, 4) is 5.75 Å². The molecular formula is C22H28ClN3O4S. The van der Waals surface area contributed by atoms with E-state index in [0.717, 1.165) is 21.1 Å². The minimum atomic E-state index is -3.87. The number of benzene rings is 2. The zero-order valence-corrected chi connectivity index (χ0v) is 19.8. The summed E-state index contributed by atoms with van der Waals surface area (Å²) in [5.41, 5.74) is 2.99. The number of halogens is 1. The van der Waals surface area contributed by atoms with Crippen LogP contribution in [0, 0.1) is 13.8 Å². The maximum atomic E-state index is 13.0. The molecule has 0 unspecified atom stereocenters. The molecule has 0 aliphatic carbocycles. The minimum Gasteiger partial charge on any atom is -0.495 e. The number of nitrogens with zero attached hydrogens (tertiary/aromatic N) is 3. The smallest absolute Gasteiger partial charge is 0.246 e. The Labute approximate surface area is 189 Å². The van der Waals surface area contributed by atoms with Gasteiger partial charge in [0, 0.05) is 43.9 Å². The van der Waals surface area contributed by atoms with Crippen molar-refractivity contribution in [3.05, 3.63) is 52.5 Å². The van der Waals surface area contributed by atoms with Crippen molar-refractivity contribution in [1.29, 1.82) is 0 Å². The Morgan fingerprint density at radius 3 is 2.42 bits per heavy atom. The van der Waals surface area contributed by atoms with Gasteiger partial charge in [-0.1, -0.05) is 23.7 Å². The summed E-state index contributed by atoms with van der Waals surface area (Å²) in [6.45, 7) is 5.98. The van der Waals surface area contributed by atoms with E-state index in [-0.39, 0.29) is 23.1 Å². The summed E-state index contributed by atoms with van der Waals surface area (Å²) < 4.78 is 32.4. The van der Waals surface area contributed by atoms with Gasteiger partial charge in [0.2, 0.25) is 15.9 Å². The van der Waals surface area contributed by atoms with E-state index in [9.17, 15) is 13.2 Å². The van der Waals surface area contributed by atoms with Crippen molar-refractivity contribution in [2.24, 2.45) is 0 Å². The number of carbonyl (C=O) groups is 1. The number of carbonyl (C=O) groups excluding carboxylic acids is 1. The van der Waals surface area contributed by atoms with Crippen molar-refractivity contribution in [2.75, 3.05) is 51.8 Å². The van der Waals surface area contributed by atoms with E-state index >= 15 is 0 Å². The Hall–Kier alpha value is -2.29. The molecule has 0 bridgehead atoms. The Balaban J connectivity index is 1.66. The lowest BCUT2D eigenvalue weighted by atomic mass is 10.1. The third-order valence-corrected chi connectivity index (χ3v) is 7.57. The molecule has 2 aromatic rings. The number of likely N-dealkylation sites (N-methyl/N-ethyl adjacent to an activating group) is 1. The van der Waals surface area contributed by atoms with E-state index in [4.69, 9.17) is 16.3 Å². The van der Waals surface area contributed by atoms with Gasteiger partial charge < -0.3 is 14.5 Å². The average Bonchev–Trinajstić information content (AvgIpc) is 2.75. The third kappa shape index (κ3) is 5.14. The summed E-state index contributed by atoms with van der Waals surface area (Å²) in [5.74, 6) is 0.0376. The molecule has 168 valence electrons. The highest BCUT2D eigenvalue weighted by Crippen LogP contribution is 2.28. The van der Waals surface area contributed by atoms with Gasteiger partial charge in [-0.25, -0.2) is 8.42 Å². The first-order valence-electron chi connectivity index (χ1n) is 10.0. The molecule has 1 saturated heterocycles. The number of sulfonamides is 1. The Kier molecular flexibility index (Phi) is 7.13. The van der Waals surface area contributed by atoms with Crippen molar-refractivity contribution in [1.82, 2.24) is 9.21 Å². The minimum absolute atomic E-state index is 0.0616. The van der Waals surface area contributed by atoms with E-state index in [1.807, 2.05) is 32.0 Å². The molecule has 1 fully saturated rings. The molecule has 2 aromatic carbocycles. The number of anilines is 1. The van der Waals surface area contributed by atoms with Gasteiger partial charge in [0.05, 0.1) is 13.7 Å². The molecule has 0 saturated carbocycles. The summed E-state index contributed by atoms with van der Waals surface area (Å²) in [6, 6.07) is 10.7. The Morgan fingerprint density at radius 2 is 1.77 bits per heavy atom. The third-order valence-electron chi connectivity index (χ3n) is 5.51. The number of aryl methyl sites for hydroxylation is 2. The molecule has 1 amide bonds. The predicted molar refractivity (Wildman–Crippen MR) is 123 cm³/mol. The number of rotatable bonds is 6. The summed E-state index contributed by atoms with van der Waals surface area (Å²) in [5, 5.41) is 0.678. The highest BCUT2D eigenvalue weighted by Gasteiger charge is 2.29. The van der Waals surface area contributed by atoms with Gasteiger partial charge in [-0.05, 0) is 49.2 Å². The van der Waals surface area contributed by atoms with Crippen LogP contribution in [-0.4, -0.2) is 70.4 Å². The second-order valence-electron chi connectivity index (χ2n) is 7.71. The van der Waals surface area contributed by atoms with Gasteiger partial charge in [-0.2, -0.15) is 4.31 Å². The van der Waals surface area contributed by atoms with Gasteiger partial charge in [0.25, 0.3) is 0 Å². The van der Waals surface area contributed by atoms with Crippen LogP contribution in [0.25, 0.3) is 0 Å². The van der Waals surface area contributed by atoms with Crippen molar-refractivity contribution in [2.45, 2.75) is 18.7 Å². The highest BCUT2D eigenvalue weighted by atomic mass is 35.5. The summed E-state index contributed by atoms with van der Waals surface area (Å²) in [6.07, 6.45) is 0. The zero-order chi connectivity index (χ0) is 22.8. The van der Waals surface area contributed by atoms with E-state index in [1.54, 1.807) is 23.1 Å². The normalized spacial score (nSPS) is 14.8. The lowest BCUT2D eigenvalue weighted by Crippen LogP contribution is -2.51. The first-order valence-corrected chi connectivity index (χ1v) is 11.8. The average molecular weight is 466 g/mol. The van der Waals surface area contributed by atoms with Crippen LogP contribution in [0.3, 0.4) is 0 Å². The summed E-state index contributed by atoms with van der Waals surface area (Å²) in [7, 11) is -1.02. The molecule has 0 aromatic heterocycles. The van der Waals surface area contributed by atoms with Crippen LogP contribution < -0.4 is 9.64 Å². The van der Waals surface area contributed by atoms with Crippen LogP contribution in [-0.2, 0) is 14.8 Å². The van der Waals surface area contributed by atoms with Crippen LogP contribution in [0.1, 0.15) is 11.1 Å². The van der Waals surface area contributed by atoms with Crippen molar-refractivity contribution < 1.29 is 17.9 Å². The fourth-order valence-corrected chi connectivity index (χ4v) is 5.17. The van der Waals surface area contributed by atoms with E-state index in [1.165, 1.54) is 14.2 Å². The van der Waals surface area contributed by atoms with Gasteiger partial charge in [-0.15, -0.1) is 0 Å². The molecule has 7 nitrogen and oxygen atoms in total. The van der Waals surface area contributed by atoms with Crippen LogP contribution in [0.4, 0.5) is 5.69 Å². The maximum absolute atomic E-state index is 13.0. The molecule has 9 heteroatoms. The second kappa shape index (κ2) is 9.46. The molecule has 1 heterocycles. The standard InChI is InChI=1S/C22H28ClN3O4S/c1-16-5-8-20(30-4)21(13-16)31(28,29)24(3)15-22(27)26-11-9-25(10-12-26)19-14-18(23)7-6-17(19)2/h5-8,13-14H,9-12,15H2,1-4H3. The number of ether oxygens (including phenoxy) is 1. The number of hydrogen-bond donors (Lipinski definition) is 0.